The molecule has 2 aromatic rings. The number of carbonyl (C=O) groups excluding carboxylic acids is 2. The Bertz CT molecular complexity index is 741. The van der Waals surface area contributed by atoms with Crippen LogP contribution in [0.2, 0.25) is 0 Å². The number of amides is 1. The third kappa shape index (κ3) is 5.62. The molecule has 1 aromatic heterocycles. The lowest BCUT2D eigenvalue weighted by Gasteiger charge is -2.11. The summed E-state index contributed by atoms with van der Waals surface area (Å²) in [5.74, 6) is -0.879. The second-order valence-electron chi connectivity index (χ2n) is 5.27. The Morgan fingerprint density at radius 1 is 1.38 bits per heavy atom. The third-order valence-corrected chi connectivity index (χ3v) is 4.99. The summed E-state index contributed by atoms with van der Waals surface area (Å²) in [6.07, 6.45) is 2.96. The molecule has 1 heterocycles. The summed E-state index contributed by atoms with van der Waals surface area (Å²) in [6, 6.07) is 9.59. The fraction of sp³-hybridized carbons (Fsp3) is 0.222. The summed E-state index contributed by atoms with van der Waals surface area (Å²) >= 11 is 5.01. The maximum atomic E-state index is 11.8. The first-order valence-corrected chi connectivity index (χ1v) is 9.06. The molecule has 1 aromatic carbocycles. The molecule has 2 rings (SSSR count). The number of hydrogen-bond donors (Lipinski definition) is 1. The van der Waals surface area contributed by atoms with Crippen molar-refractivity contribution in [3.63, 3.8) is 0 Å². The van der Waals surface area contributed by atoms with Crippen molar-refractivity contribution in [3.05, 3.63) is 62.3 Å². The number of carbonyl (C=O) groups is 2. The molecule has 1 atom stereocenters. The summed E-state index contributed by atoms with van der Waals surface area (Å²) in [5, 5.41) is 4.74. The van der Waals surface area contributed by atoms with E-state index in [1.807, 2.05) is 49.6 Å². The molecule has 1 amide bonds. The molecule has 0 spiro atoms. The average molecular weight is 408 g/mol. The van der Waals surface area contributed by atoms with E-state index in [1.165, 1.54) is 6.08 Å². The van der Waals surface area contributed by atoms with Crippen LogP contribution in [0.15, 0.2) is 46.3 Å². The van der Waals surface area contributed by atoms with Crippen molar-refractivity contribution in [1.29, 1.82) is 0 Å². The van der Waals surface area contributed by atoms with Crippen LogP contribution in [-0.2, 0) is 14.3 Å². The smallest absolute Gasteiger partial charge is 0.331 e. The molecule has 6 heteroatoms. The Labute approximate surface area is 153 Å². The Morgan fingerprint density at radius 2 is 2.17 bits per heavy atom. The maximum absolute atomic E-state index is 11.8. The molecule has 0 aliphatic carbocycles. The minimum absolute atomic E-state index is 0.102. The van der Waals surface area contributed by atoms with Gasteiger partial charge in [-0.2, -0.15) is 0 Å². The highest BCUT2D eigenvalue weighted by molar-refractivity contribution is 9.10. The summed E-state index contributed by atoms with van der Waals surface area (Å²) in [4.78, 5) is 24.6. The van der Waals surface area contributed by atoms with Gasteiger partial charge in [0.05, 0.1) is 6.04 Å². The Kier molecular flexibility index (Phi) is 6.75. The number of nitrogens with one attached hydrogen (secondary N) is 1. The van der Waals surface area contributed by atoms with Crippen molar-refractivity contribution >= 4 is 45.2 Å². The molecular formula is C18H18BrNO3S. The highest BCUT2D eigenvalue weighted by Crippen LogP contribution is 2.20. The lowest BCUT2D eigenvalue weighted by atomic mass is 10.1. The summed E-state index contributed by atoms with van der Waals surface area (Å²) in [6.45, 7) is 3.58. The van der Waals surface area contributed by atoms with E-state index in [9.17, 15) is 9.59 Å². The fourth-order valence-corrected chi connectivity index (χ4v) is 3.36. The van der Waals surface area contributed by atoms with Crippen LogP contribution in [0.1, 0.15) is 29.0 Å². The van der Waals surface area contributed by atoms with Crippen molar-refractivity contribution < 1.29 is 14.3 Å². The van der Waals surface area contributed by atoms with Crippen LogP contribution >= 0.6 is 27.3 Å². The first-order valence-electron chi connectivity index (χ1n) is 7.39. The van der Waals surface area contributed by atoms with Crippen LogP contribution < -0.4 is 5.32 Å². The van der Waals surface area contributed by atoms with E-state index in [0.717, 1.165) is 20.5 Å². The van der Waals surface area contributed by atoms with Crippen LogP contribution in [0, 0.1) is 6.92 Å². The number of benzene rings is 1. The van der Waals surface area contributed by atoms with Gasteiger partial charge in [0.25, 0.3) is 5.91 Å². The first-order chi connectivity index (χ1) is 11.5. The zero-order valence-electron chi connectivity index (χ0n) is 13.4. The Morgan fingerprint density at radius 3 is 2.83 bits per heavy atom. The van der Waals surface area contributed by atoms with Gasteiger partial charge in [0.2, 0.25) is 0 Å². The SMILES string of the molecule is Cc1ccc(/C=C/C(=O)OCC(=O)N[C@@H](C)c2cccs2)c(Br)c1. The van der Waals surface area contributed by atoms with E-state index in [-0.39, 0.29) is 18.6 Å². The highest BCUT2D eigenvalue weighted by Gasteiger charge is 2.11. The van der Waals surface area contributed by atoms with Crippen molar-refractivity contribution in [3.8, 4) is 0 Å². The molecule has 126 valence electrons. The number of esters is 1. The molecule has 0 fully saturated rings. The number of hydrogen-bond acceptors (Lipinski definition) is 4. The minimum atomic E-state index is -0.554. The number of halogens is 1. The summed E-state index contributed by atoms with van der Waals surface area (Å²) in [7, 11) is 0. The van der Waals surface area contributed by atoms with Gasteiger partial charge in [0.1, 0.15) is 0 Å². The zero-order chi connectivity index (χ0) is 17.5. The van der Waals surface area contributed by atoms with Crippen molar-refractivity contribution in [1.82, 2.24) is 5.32 Å². The molecule has 0 aliphatic heterocycles. The monoisotopic (exact) mass is 407 g/mol. The molecule has 1 N–H and O–H groups in total. The second-order valence-corrected chi connectivity index (χ2v) is 7.10. The van der Waals surface area contributed by atoms with E-state index in [0.29, 0.717) is 0 Å². The summed E-state index contributed by atoms with van der Waals surface area (Å²) in [5.41, 5.74) is 1.99. The topological polar surface area (TPSA) is 55.4 Å². The number of thiophene rings is 1. The predicted molar refractivity (Wildman–Crippen MR) is 99.7 cm³/mol. The Hall–Kier alpha value is -1.92. The van der Waals surface area contributed by atoms with Crippen LogP contribution in [0.4, 0.5) is 0 Å². The van der Waals surface area contributed by atoms with Gasteiger partial charge >= 0.3 is 5.97 Å². The maximum Gasteiger partial charge on any atom is 0.331 e. The van der Waals surface area contributed by atoms with E-state index in [2.05, 4.69) is 21.2 Å². The van der Waals surface area contributed by atoms with Crippen LogP contribution in [0.25, 0.3) is 6.08 Å². The van der Waals surface area contributed by atoms with E-state index in [4.69, 9.17) is 4.74 Å². The lowest BCUT2D eigenvalue weighted by molar-refractivity contribution is -0.144. The van der Waals surface area contributed by atoms with E-state index >= 15 is 0 Å². The van der Waals surface area contributed by atoms with Crippen molar-refractivity contribution in [2.45, 2.75) is 19.9 Å². The molecule has 0 bridgehead atoms. The third-order valence-electron chi connectivity index (χ3n) is 3.25. The van der Waals surface area contributed by atoms with Crippen LogP contribution in [0.5, 0.6) is 0 Å². The normalized spacial score (nSPS) is 12.1. The van der Waals surface area contributed by atoms with Crippen LogP contribution in [0.3, 0.4) is 0 Å². The molecule has 4 nitrogen and oxygen atoms in total. The fourth-order valence-electron chi connectivity index (χ4n) is 2.00. The first kappa shape index (κ1) is 18.4. The molecule has 0 aliphatic rings. The largest absolute Gasteiger partial charge is 0.452 e. The number of aryl methyl sites for hydroxylation is 1. The molecule has 0 radical (unpaired) electrons. The minimum Gasteiger partial charge on any atom is -0.452 e. The van der Waals surface area contributed by atoms with Gasteiger partial charge in [-0.3, -0.25) is 4.79 Å². The zero-order valence-corrected chi connectivity index (χ0v) is 15.8. The van der Waals surface area contributed by atoms with Crippen LogP contribution in [-0.4, -0.2) is 18.5 Å². The molecular weight excluding hydrogens is 390 g/mol. The van der Waals surface area contributed by atoms with Gasteiger partial charge in [-0.05, 0) is 48.6 Å². The predicted octanol–water partition coefficient (Wildman–Crippen LogP) is 4.25. The summed E-state index contributed by atoms with van der Waals surface area (Å²) < 4.78 is 5.85. The van der Waals surface area contributed by atoms with Gasteiger partial charge in [0.15, 0.2) is 6.61 Å². The lowest BCUT2D eigenvalue weighted by Crippen LogP contribution is -2.30. The van der Waals surface area contributed by atoms with Gasteiger partial charge in [-0.1, -0.05) is 34.1 Å². The van der Waals surface area contributed by atoms with E-state index in [1.54, 1.807) is 17.4 Å². The van der Waals surface area contributed by atoms with E-state index < -0.39 is 5.97 Å². The van der Waals surface area contributed by atoms with Gasteiger partial charge in [-0.15, -0.1) is 11.3 Å². The average Bonchev–Trinajstić information content (AvgIpc) is 3.06. The highest BCUT2D eigenvalue weighted by atomic mass is 79.9. The Balaban J connectivity index is 1.80. The molecule has 0 saturated heterocycles. The van der Waals surface area contributed by atoms with Gasteiger partial charge in [0, 0.05) is 15.4 Å². The van der Waals surface area contributed by atoms with Crippen molar-refractivity contribution in [2.75, 3.05) is 6.61 Å². The van der Waals surface area contributed by atoms with Gasteiger partial charge in [-0.25, -0.2) is 4.79 Å². The molecule has 0 saturated carbocycles. The van der Waals surface area contributed by atoms with Gasteiger partial charge < -0.3 is 10.1 Å². The standard InChI is InChI=1S/C18H18BrNO3S/c1-12-5-6-14(15(19)10-12)7-8-18(22)23-11-17(21)20-13(2)16-4-3-9-24-16/h3-10,13H,11H2,1-2H3,(H,20,21)/b8-7+/t13-/m0/s1. The van der Waals surface area contributed by atoms with Crippen molar-refractivity contribution in [2.24, 2.45) is 0 Å². The molecule has 24 heavy (non-hydrogen) atoms. The molecule has 0 unspecified atom stereocenters. The second kappa shape index (κ2) is 8.80. The number of rotatable bonds is 6. The number of ether oxygens (including phenoxy) is 1. The quantitative estimate of drug-likeness (QED) is 0.574.